The third-order valence-electron chi connectivity index (χ3n) is 5.10. The molecule has 0 fully saturated rings. The highest BCUT2D eigenvalue weighted by atomic mass is 16.5. The summed E-state index contributed by atoms with van der Waals surface area (Å²) in [4.78, 5) is 0. The van der Waals surface area contributed by atoms with Crippen LogP contribution in [0.3, 0.4) is 0 Å². The van der Waals surface area contributed by atoms with E-state index in [0.29, 0.717) is 6.61 Å². The molecule has 1 aliphatic heterocycles. The summed E-state index contributed by atoms with van der Waals surface area (Å²) in [6, 6.07) is 24.0. The zero-order valence-electron chi connectivity index (χ0n) is 12.5. The Balaban J connectivity index is 1.94. The van der Waals surface area contributed by atoms with Crippen molar-refractivity contribution in [2.75, 3.05) is 6.61 Å². The third kappa shape index (κ3) is 1.29. The molecule has 0 N–H and O–H groups in total. The average Bonchev–Trinajstić information content (AvgIpc) is 3.07. The van der Waals surface area contributed by atoms with E-state index < -0.39 is 0 Å². The number of para-hydroxylation sites is 1. The first-order valence-corrected chi connectivity index (χ1v) is 7.74. The molecular formula is C21H16O. The van der Waals surface area contributed by atoms with Crippen LogP contribution in [0.25, 0.3) is 11.1 Å². The van der Waals surface area contributed by atoms with E-state index in [-0.39, 0.29) is 5.41 Å². The van der Waals surface area contributed by atoms with Gasteiger partial charge in [-0.15, -0.1) is 0 Å². The minimum atomic E-state index is -0.144. The fourth-order valence-electron chi connectivity index (χ4n) is 4.14. The highest BCUT2D eigenvalue weighted by Crippen LogP contribution is 2.57. The molecule has 1 heterocycles. The second kappa shape index (κ2) is 4.01. The molecule has 1 heteroatoms. The van der Waals surface area contributed by atoms with Crippen LogP contribution in [0.1, 0.15) is 22.3 Å². The molecule has 0 radical (unpaired) electrons. The topological polar surface area (TPSA) is 9.23 Å². The van der Waals surface area contributed by atoms with Gasteiger partial charge in [0, 0.05) is 5.56 Å². The third-order valence-corrected chi connectivity index (χ3v) is 5.10. The molecule has 1 spiro atoms. The lowest BCUT2D eigenvalue weighted by molar-refractivity contribution is 0.315. The maximum Gasteiger partial charge on any atom is 0.123 e. The predicted octanol–water partition coefficient (Wildman–Crippen LogP) is 4.70. The van der Waals surface area contributed by atoms with Gasteiger partial charge in [0.2, 0.25) is 0 Å². The van der Waals surface area contributed by atoms with Crippen molar-refractivity contribution in [3.63, 3.8) is 0 Å². The molecule has 1 atom stereocenters. The quantitative estimate of drug-likeness (QED) is 0.581. The van der Waals surface area contributed by atoms with Gasteiger partial charge in [0.05, 0.1) is 5.41 Å². The van der Waals surface area contributed by atoms with Crippen molar-refractivity contribution in [2.45, 2.75) is 12.3 Å². The van der Waals surface area contributed by atoms with Crippen molar-refractivity contribution in [3.8, 4) is 16.9 Å². The summed E-state index contributed by atoms with van der Waals surface area (Å²) in [6.07, 6.45) is 0. The molecular weight excluding hydrogens is 268 g/mol. The number of hydrogen-bond acceptors (Lipinski definition) is 1. The molecule has 1 aliphatic carbocycles. The summed E-state index contributed by atoms with van der Waals surface area (Å²) in [5.74, 6) is 1.02. The molecule has 0 saturated carbocycles. The molecule has 0 saturated heterocycles. The highest BCUT2D eigenvalue weighted by Gasteiger charge is 2.49. The van der Waals surface area contributed by atoms with Crippen LogP contribution in [0.2, 0.25) is 0 Å². The monoisotopic (exact) mass is 284 g/mol. The Kier molecular flexibility index (Phi) is 2.20. The van der Waals surface area contributed by atoms with Crippen molar-refractivity contribution in [1.29, 1.82) is 0 Å². The van der Waals surface area contributed by atoms with Crippen LogP contribution in [0.15, 0.2) is 66.7 Å². The standard InChI is InChI=1S/C21H16O/c1-14-10-11-16-15-6-2-3-7-17(15)21(19(16)12-14)13-22-20-9-5-4-8-18(20)21/h2-12H,13H2,1H3. The van der Waals surface area contributed by atoms with Crippen LogP contribution in [-0.4, -0.2) is 6.61 Å². The van der Waals surface area contributed by atoms with Gasteiger partial charge in [0.1, 0.15) is 12.4 Å². The van der Waals surface area contributed by atoms with E-state index in [2.05, 4.69) is 73.7 Å². The van der Waals surface area contributed by atoms with Gasteiger partial charge < -0.3 is 4.74 Å². The number of rotatable bonds is 0. The predicted molar refractivity (Wildman–Crippen MR) is 88.4 cm³/mol. The maximum atomic E-state index is 6.09. The Hall–Kier alpha value is -2.54. The lowest BCUT2D eigenvalue weighted by Crippen LogP contribution is -2.28. The second-order valence-electron chi connectivity index (χ2n) is 6.28. The fraction of sp³-hybridized carbons (Fsp3) is 0.143. The molecule has 3 aromatic carbocycles. The summed E-state index contributed by atoms with van der Waals surface area (Å²) >= 11 is 0. The molecule has 106 valence electrons. The first-order chi connectivity index (χ1) is 10.8. The van der Waals surface area contributed by atoms with Gasteiger partial charge in [0.25, 0.3) is 0 Å². The van der Waals surface area contributed by atoms with Crippen molar-refractivity contribution in [3.05, 3.63) is 89.0 Å². The van der Waals surface area contributed by atoms with Crippen molar-refractivity contribution in [2.24, 2.45) is 0 Å². The summed E-state index contributed by atoms with van der Waals surface area (Å²) < 4.78 is 6.09. The van der Waals surface area contributed by atoms with Crippen LogP contribution in [0.4, 0.5) is 0 Å². The minimum absolute atomic E-state index is 0.144. The lowest BCUT2D eigenvalue weighted by atomic mass is 9.74. The van der Waals surface area contributed by atoms with Crippen LogP contribution in [0.5, 0.6) is 5.75 Å². The molecule has 22 heavy (non-hydrogen) atoms. The zero-order chi connectivity index (χ0) is 14.7. The Morgan fingerprint density at radius 3 is 2.41 bits per heavy atom. The second-order valence-corrected chi connectivity index (χ2v) is 6.28. The molecule has 1 unspecified atom stereocenters. The Morgan fingerprint density at radius 2 is 1.50 bits per heavy atom. The Morgan fingerprint density at radius 1 is 0.773 bits per heavy atom. The zero-order valence-corrected chi connectivity index (χ0v) is 12.5. The summed E-state index contributed by atoms with van der Waals surface area (Å²) in [5, 5.41) is 0. The normalized spacial score (nSPS) is 20.4. The Bertz CT molecular complexity index is 909. The van der Waals surface area contributed by atoms with Crippen molar-refractivity contribution < 1.29 is 4.74 Å². The van der Waals surface area contributed by atoms with E-state index >= 15 is 0 Å². The summed E-state index contributed by atoms with van der Waals surface area (Å²) in [6.45, 7) is 2.86. The fourth-order valence-corrected chi connectivity index (χ4v) is 4.14. The molecule has 0 aromatic heterocycles. The van der Waals surface area contributed by atoms with E-state index in [1.54, 1.807) is 0 Å². The van der Waals surface area contributed by atoms with Gasteiger partial charge in [-0.2, -0.15) is 0 Å². The van der Waals surface area contributed by atoms with E-state index in [4.69, 9.17) is 4.74 Å². The van der Waals surface area contributed by atoms with E-state index in [9.17, 15) is 0 Å². The van der Waals surface area contributed by atoms with Gasteiger partial charge in [-0.25, -0.2) is 0 Å². The number of benzene rings is 3. The van der Waals surface area contributed by atoms with Crippen LogP contribution in [0, 0.1) is 6.92 Å². The smallest absolute Gasteiger partial charge is 0.123 e. The van der Waals surface area contributed by atoms with Gasteiger partial charge >= 0.3 is 0 Å². The average molecular weight is 284 g/mol. The number of hydrogen-bond donors (Lipinski definition) is 0. The maximum absolute atomic E-state index is 6.09. The number of aryl methyl sites for hydroxylation is 1. The molecule has 5 rings (SSSR count). The minimum Gasteiger partial charge on any atom is -0.492 e. The van der Waals surface area contributed by atoms with Gasteiger partial charge in [-0.1, -0.05) is 66.2 Å². The first kappa shape index (κ1) is 12.0. The van der Waals surface area contributed by atoms with Gasteiger partial charge in [-0.05, 0) is 35.2 Å². The molecule has 3 aromatic rings. The van der Waals surface area contributed by atoms with Gasteiger partial charge in [-0.3, -0.25) is 0 Å². The molecule has 0 bridgehead atoms. The van der Waals surface area contributed by atoms with Crippen LogP contribution >= 0.6 is 0 Å². The van der Waals surface area contributed by atoms with Crippen LogP contribution < -0.4 is 4.74 Å². The first-order valence-electron chi connectivity index (χ1n) is 7.74. The molecule has 0 amide bonds. The van der Waals surface area contributed by atoms with Crippen LogP contribution in [-0.2, 0) is 5.41 Å². The highest BCUT2D eigenvalue weighted by molar-refractivity contribution is 5.85. The van der Waals surface area contributed by atoms with Gasteiger partial charge in [0.15, 0.2) is 0 Å². The Labute approximate surface area is 130 Å². The molecule has 2 aliphatic rings. The number of ether oxygens (including phenoxy) is 1. The largest absolute Gasteiger partial charge is 0.492 e. The SMILES string of the molecule is Cc1ccc2c(c1)C1(COc3ccccc31)c1ccccc1-2. The van der Waals surface area contributed by atoms with E-state index in [1.165, 1.54) is 33.4 Å². The molecule has 1 nitrogen and oxygen atoms in total. The summed E-state index contributed by atoms with van der Waals surface area (Å²) in [7, 11) is 0. The van der Waals surface area contributed by atoms with Crippen molar-refractivity contribution >= 4 is 0 Å². The lowest BCUT2D eigenvalue weighted by Gasteiger charge is -2.25. The number of fused-ring (bicyclic) bond motifs is 7. The van der Waals surface area contributed by atoms with E-state index in [0.717, 1.165) is 5.75 Å². The van der Waals surface area contributed by atoms with Crippen molar-refractivity contribution in [1.82, 2.24) is 0 Å². The summed E-state index contributed by atoms with van der Waals surface area (Å²) in [5.41, 5.74) is 7.91. The van der Waals surface area contributed by atoms with E-state index in [1.807, 2.05) is 0 Å².